The van der Waals surface area contributed by atoms with Gasteiger partial charge in [0.15, 0.2) is 0 Å². The van der Waals surface area contributed by atoms with Gasteiger partial charge in [-0.05, 0) is 13.8 Å². The minimum atomic E-state index is -2.69. The Balaban J connectivity index is 2.35. The zero-order valence-electron chi connectivity index (χ0n) is 8.63. The van der Waals surface area contributed by atoms with E-state index in [4.69, 9.17) is 5.11 Å². The minimum absolute atomic E-state index is 0.103. The predicted molar refractivity (Wildman–Crippen MR) is 55.3 cm³/mol. The van der Waals surface area contributed by atoms with Gasteiger partial charge in [-0.3, -0.25) is 0 Å². The van der Waals surface area contributed by atoms with Gasteiger partial charge in [0.1, 0.15) is 6.10 Å². The molecule has 0 saturated heterocycles. The predicted octanol–water partition coefficient (Wildman–Crippen LogP) is 1.48. The molecule has 6 heteroatoms. The van der Waals surface area contributed by atoms with Crippen molar-refractivity contribution in [3.05, 3.63) is 15.6 Å². The van der Waals surface area contributed by atoms with E-state index in [0.717, 1.165) is 15.6 Å². The fourth-order valence-electron chi connectivity index (χ4n) is 1.16. The summed E-state index contributed by atoms with van der Waals surface area (Å²) in [7, 11) is 0. The lowest BCUT2D eigenvalue weighted by Gasteiger charge is -2.09. The number of aryl methyl sites for hydroxylation is 2. The zero-order valence-corrected chi connectivity index (χ0v) is 9.44. The van der Waals surface area contributed by atoms with Gasteiger partial charge >= 0.3 is 0 Å². The number of hydrogen-bond acceptors (Lipinski definition) is 4. The van der Waals surface area contributed by atoms with Crippen LogP contribution in [0.2, 0.25) is 0 Å². The van der Waals surface area contributed by atoms with Gasteiger partial charge in [-0.2, -0.15) is 0 Å². The molecule has 2 N–H and O–H groups in total. The average Bonchev–Trinajstić information content (AvgIpc) is 2.45. The summed E-state index contributed by atoms with van der Waals surface area (Å²) in [5, 5.41) is 12.6. The number of nitrogens with zero attached hydrogens (tertiary/aromatic N) is 1. The summed E-state index contributed by atoms with van der Waals surface area (Å²) in [6.07, 6.45) is -4.29. The fourth-order valence-corrected chi connectivity index (χ4v) is 2.07. The van der Waals surface area contributed by atoms with Crippen LogP contribution in [-0.4, -0.2) is 29.2 Å². The Labute approximate surface area is 91.2 Å². The number of aliphatic hydroxyl groups is 1. The van der Waals surface area contributed by atoms with Crippen LogP contribution >= 0.6 is 11.3 Å². The number of thiazole rings is 1. The Morgan fingerprint density at radius 3 is 2.60 bits per heavy atom. The molecule has 0 radical (unpaired) electrons. The molecule has 0 aliphatic carbocycles. The van der Waals surface area contributed by atoms with Crippen molar-refractivity contribution < 1.29 is 13.9 Å². The van der Waals surface area contributed by atoms with Crippen molar-refractivity contribution >= 4 is 11.3 Å². The first kappa shape index (κ1) is 12.5. The Bertz CT molecular complexity index is 317. The summed E-state index contributed by atoms with van der Waals surface area (Å²) >= 11 is 1.53. The van der Waals surface area contributed by atoms with E-state index in [9.17, 15) is 8.78 Å². The van der Waals surface area contributed by atoms with Crippen molar-refractivity contribution in [3.8, 4) is 0 Å². The highest BCUT2D eigenvalue weighted by molar-refractivity contribution is 7.11. The van der Waals surface area contributed by atoms with Crippen LogP contribution in [0.4, 0.5) is 8.78 Å². The molecule has 0 aromatic carbocycles. The third kappa shape index (κ3) is 3.81. The maximum Gasteiger partial charge on any atom is 0.265 e. The molecule has 0 amide bonds. The van der Waals surface area contributed by atoms with E-state index in [1.807, 2.05) is 13.8 Å². The molecule has 3 nitrogen and oxygen atoms in total. The normalized spacial score (nSPS) is 13.5. The van der Waals surface area contributed by atoms with Crippen LogP contribution < -0.4 is 5.32 Å². The summed E-state index contributed by atoms with van der Waals surface area (Å²) in [6.45, 7) is 4.15. The molecule has 86 valence electrons. The molecule has 0 bridgehead atoms. The first-order chi connectivity index (χ1) is 7.00. The SMILES string of the molecule is Cc1nc(C)c(CNCC(O)C(F)F)s1. The van der Waals surface area contributed by atoms with E-state index in [2.05, 4.69) is 10.3 Å². The summed E-state index contributed by atoms with van der Waals surface area (Å²) in [5.74, 6) is 0. The Morgan fingerprint density at radius 2 is 2.13 bits per heavy atom. The molecule has 1 heterocycles. The highest BCUT2D eigenvalue weighted by atomic mass is 32.1. The van der Waals surface area contributed by atoms with Gasteiger partial charge in [-0.1, -0.05) is 0 Å². The van der Waals surface area contributed by atoms with Gasteiger partial charge < -0.3 is 10.4 Å². The molecule has 1 aromatic heterocycles. The first-order valence-corrected chi connectivity index (χ1v) is 5.42. The van der Waals surface area contributed by atoms with Crippen LogP contribution in [0.3, 0.4) is 0 Å². The fraction of sp³-hybridized carbons (Fsp3) is 0.667. The second-order valence-electron chi connectivity index (χ2n) is 3.27. The minimum Gasteiger partial charge on any atom is -0.386 e. The molecule has 1 aromatic rings. The number of nitrogens with one attached hydrogen (secondary N) is 1. The van der Waals surface area contributed by atoms with Gasteiger partial charge in [-0.15, -0.1) is 11.3 Å². The van der Waals surface area contributed by atoms with Crippen molar-refractivity contribution in [2.24, 2.45) is 0 Å². The van der Waals surface area contributed by atoms with Crippen molar-refractivity contribution in [3.63, 3.8) is 0 Å². The number of alkyl halides is 2. The van der Waals surface area contributed by atoms with Crippen LogP contribution in [0.25, 0.3) is 0 Å². The molecule has 0 saturated carbocycles. The summed E-state index contributed by atoms with van der Waals surface area (Å²) in [5.41, 5.74) is 0.913. The number of aromatic nitrogens is 1. The maximum atomic E-state index is 11.9. The lowest BCUT2D eigenvalue weighted by Crippen LogP contribution is -2.31. The molecular weight excluding hydrogens is 222 g/mol. The smallest absolute Gasteiger partial charge is 0.265 e. The summed E-state index contributed by atoms with van der Waals surface area (Å²) < 4.78 is 23.9. The van der Waals surface area contributed by atoms with Crippen molar-refractivity contribution in [2.45, 2.75) is 32.9 Å². The van der Waals surface area contributed by atoms with Crippen molar-refractivity contribution in [2.75, 3.05) is 6.54 Å². The molecule has 0 fully saturated rings. The lowest BCUT2D eigenvalue weighted by atomic mass is 10.3. The third-order valence-electron chi connectivity index (χ3n) is 1.93. The van der Waals surface area contributed by atoms with E-state index in [1.54, 1.807) is 0 Å². The highest BCUT2D eigenvalue weighted by Crippen LogP contribution is 2.16. The monoisotopic (exact) mass is 236 g/mol. The molecule has 1 unspecified atom stereocenters. The van der Waals surface area contributed by atoms with Gasteiger partial charge in [0, 0.05) is 18.0 Å². The topological polar surface area (TPSA) is 45.2 Å². The second-order valence-corrected chi connectivity index (χ2v) is 4.56. The zero-order chi connectivity index (χ0) is 11.4. The quantitative estimate of drug-likeness (QED) is 0.814. The van der Waals surface area contributed by atoms with Crippen LogP contribution in [-0.2, 0) is 6.54 Å². The number of halogens is 2. The molecule has 0 spiro atoms. The van der Waals surface area contributed by atoms with Crippen LogP contribution in [0.5, 0.6) is 0 Å². The summed E-state index contributed by atoms with van der Waals surface area (Å²) in [4.78, 5) is 5.23. The van der Waals surface area contributed by atoms with E-state index in [0.29, 0.717) is 6.54 Å². The van der Waals surface area contributed by atoms with Crippen LogP contribution in [0.15, 0.2) is 0 Å². The van der Waals surface area contributed by atoms with Gasteiger partial charge in [-0.25, -0.2) is 13.8 Å². The summed E-state index contributed by atoms with van der Waals surface area (Å²) in [6, 6.07) is 0. The Kier molecular flexibility index (Phi) is 4.56. The Hall–Kier alpha value is -0.590. The average molecular weight is 236 g/mol. The molecule has 15 heavy (non-hydrogen) atoms. The highest BCUT2D eigenvalue weighted by Gasteiger charge is 2.16. The second kappa shape index (κ2) is 5.48. The third-order valence-corrected chi connectivity index (χ3v) is 3.00. The van der Waals surface area contributed by atoms with Crippen LogP contribution in [0, 0.1) is 13.8 Å². The number of hydrogen-bond donors (Lipinski definition) is 2. The number of aliphatic hydroxyl groups excluding tert-OH is 1. The van der Waals surface area contributed by atoms with Gasteiger partial charge in [0.2, 0.25) is 0 Å². The van der Waals surface area contributed by atoms with E-state index in [-0.39, 0.29) is 6.54 Å². The molecule has 0 aliphatic heterocycles. The maximum absolute atomic E-state index is 11.9. The molecule has 1 rings (SSSR count). The van der Waals surface area contributed by atoms with Gasteiger partial charge in [0.25, 0.3) is 6.43 Å². The van der Waals surface area contributed by atoms with E-state index < -0.39 is 12.5 Å². The van der Waals surface area contributed by atoms with E-state index >= 15 is 0 Å². The first-order valence-electron chi connectivity index (χ1n) is 4.60. The largest absolute Gasteiger partial charge is 0.386 e. The van der Waals surface area contributed by atoms with Crippen molar-refractivity contribution in [1.82, 2.24) is 10.3 Å². The molecule has 0 aliphatic rings. The molecule has 1 atom stereocenters. The standard InChI is InChI=1S/C9H14F2N2OS/c1-5-8(15-6(2)13-5)4-12-3-7(14)9(10)11/h7,9,12,14H,3-4H2,1-2H3. The van der Waals surface area contributed by atoms with E-state index in [1.165, 1.54) is 11.3 Å². The van der Waals surface area contributed by atoms with Gasteiger partial charge in [0.05, 0.1) is 10.7 Å². The number of rotatable bonds is 5. The lowest BCUT2D eigenvalue weighted by molar-refractivity contribution is -0.00338. The Morgan fingerprint density at radius 1 is 1.47 bits per heavy atom. The van der Waals surface area contributed by atoms with Crippen molar-refractivity contribution in [1.29, 1.82) is 0 Å². The van der Waals surface area contributed by atoms with Crippen LogP contribution in [0.1, 0.15) is 15.6 Å². The molecular formula is C9H14F2N2OS.